The van der Waals surface area contributed by atoms with E-state index in [0.29, 0.717) is 6.07 Å². The van der Waals surface area contributed by atoms with Crippen LogP contribution in [-0.2, 0) is 6.18 Å². The Morgan fingerprint density at radius 2 is 2.16 bits per heavy atom. The number of aliphatic hydroxyl groups is 1. The van der Waals surface area contributed by atoms with Gasteiger partial charge in [-0.3, -0.25) is 4.79 Å². The largest absolute Gasteiger partial charge is 0.433 e. The third-order valence-electron chi connectivity index (χ3n) is 2.38. The van der Waals surface area contributed by atoms with Crippen LogP contribution in [0.1, 0.15) is 23.0 Å². The van der Waals surface area contributed by atoms with E-state index in [9.17, 15) is 18.0 Å². The lowest BCUT2D eigenvalue weighted by atomic mass is 10.2. The molecule has 1 heterocycles. The number of carbonyl (C=O) groups is 1. The number of hydrogen-bond donors (Lipinski definition) is 3. The quantitative estimate of drug-likeness (QED) is 0.755. The van der Waals surface area contributed by atoms with Crippen molar-refractivity contribution in [2.24, 2.45) is 11.7 Å². The molecule has 0 aliphatic carbocycles. The molecule has 0 saturated heterocycles. The third-order valence-corrected chi connectivity index (χ3v) is 2.38. The number of rotatable bonds is 5. The Kier molecular flexibility index (Phi) is 4.71. The highest BCUT2D eigenvalue weighted by Crippen LogP contribution is 2.29. The Morgan fingerprint density at radius 1 is 1.53 bits per heavy atom. The molecule has 5 nitrogen and oxygen atoms in total. The van der Waals surface area contributed by atoms with Crippen molar-refractivity contribution in [3.05, 3.63) is 23.4 Å². The predicted molar refractivity (Wildman–Crippen MR) is 62.5 cm³/mol. The van der Waals surface area contributed by atoms with Crippen LogP contribution in [0.4, 0.5) is 19.0 Å². The van der Waals surface area contributed by atoms with E-state index in [2.05, 4.69) is 10.3 Å². The minimum atomic E-state index is -4.60. The van der Waals surface area contributed by atoms with Gasteiger partial charge in [-0.25, -0.2) is 4.98 Å². The predicted octanol–water partition coefficient (Wildman–Crippen LogP) is 1.24. The van der Waals surface area contributed by atoms with Crippen LogP contribution in [0.3, 0.4) is 0 Å². The third kappa shape index (κ3) is 4.09. The van der Waals surface area contributed by atoms with Crippen molar-refractivity contribution >= 4 is 11.7 Å². The van der Waals surface area contributed by atoms with E-state index < -0.39 is 17.8 Å². The molecule has 0 aliphatic rings. The number of carbonyl (C=O) groups excluding carboxylic acids is 1. The Morgan fingerprint density at radius 3 is 2.63 bits per heavy atom. The first-order chi connectivity index (χ1) is 8.75. The summed E-state index contributed by atoms with van der Waals surface area (Å²) in [5.74, 6) is -1.31. The number of halogens is 3. The van der Waals surface area contributed by atoms with Gasteiger partial charge in [0, 0.05) is 13.2 Å². The van der Waals surface area contributed by atoms with Crippen LogP contribution >= 0.6 is 0 Å². The highest BCUT2D eigenvalue weighted by molar-refractivity contribution is 5.97. The number of pyridine rings is 1. The minimum absolute atomic E-state index is 0.127. The van der Waals surface area contributed by atoms with Gasteiger partial charge >= 0.3 is 6.18 Å². The molecule has 0 radical (unpaired) electrons. The molecule has 1 amide bonds. The van der Waals surface area contributed by atoms with Crippen molar-refractivity contribution in [2.75, 3.05) is 18.5 Å². The molecule has 0 spiro atoms. The fraction of sp³-hybridized carbons (Fsp3) is 0.455. The van der Waals surface area contributed by atoms with Crippen LogP contribution in [0.15, 0.2) is 12.1 Å². The summed E-state index contributed by atoms with van der Waals surface area (Å²) in [4.78, 5) is 14.5. The van der Waals surface area contributed by atoms with Crippen LogP contribution < -0.4 is 11.1 Å². The molecule has 19 heavy (non-hydrogen) atoms. The van der Waals surface area contributed by atoms with Gasteiger partial charge in [0.2, 0.25) is 0 Å². The minimum Gasteiger partial charge on any atom is -0.396 e. The second-order valence-corrected chi connectivity index (χ2v) is 4.12. The molecule has 0 saturated carbocycles. The van der Waals surface area contributed by atoms with Crippen LogP contribution in [0, 0.1) is 5.92 Å². The summed E-state index contributed by atoms with van der Waals surface area (Å²) in [5, 5.41) is 11.4. The lowest BCUT2D eigenvalue weighted by molar-refractivity contribution is -0.141. The second kappa shape index (κ2) is 5.87. The molecule has 0 aliphatic heterocycles. The topological polar surface area (TPSA) is 88.2 Å². The monoisotopic (exact) mass is 277 g/mol. The molecular formula is C11H14F3N3O2. The number of alkyl halides is 3. The molecule has 8 heteroatoms. The van der Waals surface area contributed by atoms with E-state index in [1.54, 1.807) is 6.92 Å². The van der Waals surface area contributed by atoms with Crippen molar-refractivity contribution in [1.29, 1.82) is 0 Å². The second-order valence-electron chi connectivity index (χ2n) is 4.12. The number of nitrogens with one attached hydrogen (secondary N) is 1. The van der Waals surface area contributed by atoms with Crippen molar-refractivity contribution in [2.45, 2.75) is 13.1 Å². The van der Waals surface area contributed by atoms with E-state index in [-0.39, 0.29) is 30.5 Å². The summed E-state index contributed by atoms with van der Waals surface area (Å²) in [6, 6.07) is 1.67. The number of nitrogens with zero attached hydrogens (tertiary/aromatic N) is 1. The molecule has 1 aromatic rings. The maximum absolute atomic E-state index is 12.5. The summed E-state index contributed by atoms with van der Waals surface area (Å²) >= 11 is 0. The number of amides is 1. The maximum atomic E-state index is 12.5. The van der Waals surface area contributed by atoms with Gasteiger partial charge in [0.25, 0.3) is 5.91 Å². The zero-order chi connectivity index (χ0) is 14.6. The van der Waals surface area contributed by atoms with Gasteiger partial charge in [0.05, 0.1) is 5.56 Å². The highest BCUT2D eigenvalue weighted by Gasteiger charge is 2.33. The first-order valence-corrected chi connectivity index (χ1v) is 5.48. The van der Waals surface area contributed by atoms with E-state index >= 15 is 0 Å². The fourth-order valence-corrected chi connectivity index (χ4v) is 1.29. The first-order valence-electron chi connectivity index (χ1n) is 5.48. The van der Waals surface area contributed by atoms with Gasteiger partial charge in [-0.2, -0.15) is 13.2 Å². The maximum Gasteiger partial charge on any atom is 0.433 e. The van der Waals surface area contributed by atoms with E-state index in [1.165, 1.54) is 0 Å². The van der Waals surface area contributed by atoms with Crippen molar-refractivity contribution in [1.82, 2.24) is 4.98 Å². The van der Waals surface area contributed by atoms with Crippen molar-refractivity contribution in [3.63, 3.8) is 0 Å². The summed E-state index contributed by atoms with van der Waals surface area (Å²) in [5.41, 5.74) is 3.82. The molecule has 4 N–H and O–H groups in total. The molecule has 106 valence electrons. The average Bonchev–Trinajstić information content (AvgIpc) is 2.34. The molecule has 0 aromatic carbocycles. The Balaban J connectivity index is 3.06. The molecule has 1 unspecified atom stereocenters. The molecule has 1 rings (SSSR count). The lowest BCUT2D eigenvalue weighted by Gasteiger charge is -2.14. The zero-order valence-electron chi connectivity index (χ0n) is 10.2. The highest BCUT2D eigenvalue weighted by atomic mass is 19.4. The van der Waals surface area contributed by atoms with E-state index in [1.807, 2.05) is 0 Å². The normalized spacial score (nSPS) is 13.1. The van der Waals surface area contributed by atoms with E-state index in [0.717, 1.165) is 6.07 Å². The number of aromatic nitrogens is 1. The van der Waals surface area contributed by atoms with Crippen molar-refractivity contribution < 1.29 is 23.1 Å². The summed E-state index contributed by atoms with van der Waals surface area (Å²) in [6.45, 7) is 1.72. The average molecular weight is 277 g/mol. The first kappa shape index (κ1) is 15.2. The fourth-order valence-electron chi connectivity index (χ4n) is 1.29. The van der Waals surface area contributed by atoms with Crippen LogP contribution in [-0.4, -0.2) is 29.1 Å². The Hall–Kier alpha value is -1.83. The summed E-state index contributed by atoms with van der Waals surface area (Å²) < 4.78 is 37.6. The van der Waals surface area contributed by atoms with Gasteiger partial charge in [0.15, 0.2) is 0 Å². The Labute approximate surface area is 107 Å². The van der Waals surface area contributed by atoms with Crippen molar-refractivity contribution in [3.8, 4) is 0 Å². The number of primary amides is 1. The lowest BCUT2D eigenvalue weighted by Crippen LogP contribution is -2.21. The molecule has 1 aromatic heterocycles. The standard InChI is InChI=1S/C11H14F3N3O2/c1-6(5-18)4-16-10-7(9(15)19)2-3-8(17-10)11(12,13)14/h2-3,6,18H,4-5H2,1H3,(H2,15,19)(H,16,17). The number of hydrogen-bond acceptors (Lipinski definition) is 4. The zero-order valence-corrected chi connectivity index (χ0v) is 10.2. The van der Waals surface area contributed by atoms with E-state index in [4.69, 9.17) is 10.8 Å². The Bertz CT molecular complexity index is 463. The molecule has 0 fully saturated rings. The molecular weight excluding hydrogens is 263 g/mol. The smallest absolute Gasteiger partial charge is 0.396 e. The van der Waals surface area contributed by atoms with Crippen LogP contribution in [0.2, 0.25) is 0 Å². The van der Waals surface area contributed by atoms with Crippen LogP contribution in [0.5, 0.6) is 0 Å². The van der Waals surface area contributed by atoms with Gasteiger partial charge in [-0.05, 0) is 18.1 Å². The number of aliphatic hydroxyl groups excluding tert-OH is 1. The summed E-state index contributed by atoms with van der Waals surface area (Å²) in [6.07, 6.45) is -4.60. The van der Waals surface area contributed by atoms with Gasteiger partial charge in [-0.15, -0.1) is 0 Å². The van der Waals surface area contributed by atoms with Gasteiger partial charge in [-0.1, -0.05) is 6.92 Å². The van der Waals surface area contributed by atoms with Crippen LogP contribution in [0.25, 0.3) is 0 Å². The van der Waals surface area contributed by atoms with Gasteiger partial charge < -0.3 is 16.2 Å². The SMILES string of the molecule is CC(CO)CNc1nc(C(F)(F)F)ccc1C(N)=O. The molecule has 0 bridgehead atoms. The van der Waals surface area contributed by atoms with Gasteiger partial charge in [0.1, 0.15) is 11.5 Å². The number of anilines is 1. The molecule has 1 atom stereocenters. The summed E-state index contributed by atoms with van der Waals surface area (Å²) in [7, 11) is 0. The number of nitrogens with two attached hydrogens (primary N) is 1.